The molecule has 1 aliphatic heterocycles. The van der Waals surface area contributed by atoms with Gasteiger partial charge >= 0.3 is 0 Å². The summed E-state index contributed by atoms with van der Waals surface area (Å²) in [5.74, 6) is 0.0429. The lowest BCUT2D eigenvalue weighted by Gasteiger charge is -2.19. The molecule has 1 saturated heterocycles. The summed E-state index contributed by atoms with van der Waals surface area (Å²) in [6.07, 6.45) is 1.24. The third-order valence-electron chi connectivity index (χ3n) is 4.75. The van der Waals surface area contributed by atoms with Gasteiger partial charge in [-0.2, -0.15) is 0 Å². The number of hydrogen-bond acceptors (Lipinski definition) is 7. The van der Waals surface area contributed by atoms with Crippen LogP contribution >= 0.6 is 0 Å². The van der Waals surface area contributed by atoms with E-state index in [9.17, 15) is 19.7 Å². The fourth-order valence-corrected chi connectivity index (χ4v) is 3.28. The lowest BCUT2D eigenvalue weighted by molar-refractivity contribution is -0.385. The van der Waals surface area contributed by atoms with E-state index in [0.29, 0.717) is 30.1 Å². The van der Waals surface area contributed by atoms with Gasteiger partial charge in [0.2, 0.25) is 5.91 Å². The van der Waals surface area contributed by atoms with Crippen LogP contribution in [0, 0.1) is 10.1 Å². The summed E-state index contributed by atoms with van der Waals surface area (Å²) in [5.41, 5.74) is 0.359. The van der Waals surface area contributed by atoms with Crippen LogP contribution in [0.2, 0.25) is 0 Å². The first-order valence-corrected chi connectivity index (χ1v) is 9.09. The highest BCUT2D eigenvalue weighted by Crippen LogP contribution is 2.36. The van der Waals surface area contributed by atoms with Crippen molar-refractivity contribution in [3.8, 4) is 17.2 Å². The molecule has 0 radical (unpaired) electrons. The van der Waals surface area contributed by atoms with Gasteiger partial charge in [-0.3, -0.25) is 19.7 Å². The molecule has 10 nitrogen and oxygen atoms in total. The van der Waals surface area contributed by atoms with E-state index in [0.717, 1.165) is 12.5 Å². The van der Waals surface area contributed by atoms with Gasteiger partial charge in [-0.1, -0.05) is 0 Å². The molecule has 2 aromatic rings. The summed E-state index contributed by atoms with van der Waals surface area (Å²) in [4.78, 5) is 37.2. The minimum atomic E-state index is -0.699. The molecule has 0 aromatic heterocycles. The minimum Gasteiger partial charge on any atom is -0.494 e. The first-order chi connectivity index (χ1) is 14.4. The lowest BCUT2D eigenvalue weighted by Crippen LogP contribution is -2.24. The summed E-state index contributed by atoms with van der Waals surface area (Å²) >= 11 is 0. The Kier molecular flexibility index (Phi) is 6.05. The van der Waals surface area contributed by atoms with E-state index >= 15 is 0 Å². The van der Waals surface area contributed by atoms with E-state index in [1.165, 1.54) is 27.4 Å². The van der Waals surface area contributed by atoms with Crippen LogP contribution in [0.3, 0.4) is 0 Å². The number of rotatable bonds is 7. The summed E-state index contributed by atoms with van der Waals surface area (Å²) in [7, 11) is 4.18. The van der Waals surface area contributed by atoms with Gasteiger partial charge in [0.15, 0.2) is 11.5 Å². The molecule has 2 amide bonds. The van der Waals surface area contributed by atoms with Crippen molar-refractivity contribution in [2.24, 2.45) is 0 Å². The standard InChI is InChI=1S/C20H21N3O7/c1-28-16-9-12(6-7-14(16)22-8-4-5-19(22)24)21-20(25)13-10-17(29-2)18(30-3)11-15(13)23(26)27/h6-7,9-11H,4-5,8H2,1-3H3,(H,21,25). The number of amides is 2. The van der Waals surface area contributed by atoms with Crippen LogP contribution in [0.15, 0.2) is 30.3 Å². The molecule has 158 valence electrons. The van der Waals surface area contributed by atoms with E-state index < -0.39 is 16.5 Å². The molecule has 3 rings (SSSR count). The number of nitro groups is 1. The maximum absolute atomic E-state index is 12.8. The minimum absolute atomic E-state index is 0.00559. The third-order valence-corrected chi connectivity index (χ3v) is 4.75. The summed E-state index contributed by atoms with van der Waals surface area (Å²) < 4.78 is 15.6. The quantitative estimate of drug-likeness (QED) is 0.545. The second kappa shape index (κ2) is 8.68. The van der Waals surface area contributed by atoms with Crippen molar-refractivity contribution >= 4 is 28.9 Å². The molecule has 0 unspecified atom stereocenters. The average molecular weight is 415 g/mol. The normalized spacial score (nSPS) is 13.2. The molecule has 1 N–H and O–H groups in total. The highest BCUT2D eigenvalue weighted by molar-refractivity contribution is 6.08. The molecule has 1 fully saturated rings. The summed E-state index contributed by atoms with van der Waals surface area (Å²) in [5, 5.41) is 14.1. The number of nitrogens with zero attached hydrogens (tertiary/aromatic N) is 2. The molecule has 0 saturated carbocycles. The van der Waals surface area contributed by atoms with Gasteiger partial charge in [0, 0.05) is 30.8 Å². The average Bonchev–Trinajstić information content (AvgIpc) is 3.17. The number of hydrogen-bond donors (Lipinski definition) is 1. The maximum atomic E-state index is 12.8. The number of anilines is 2. The molecule has 0 aliphatic carbocycles. The molecule has 2 aromatic carbocycles. The van der Waals surface area contributed by atoms with Crippen LogP contribution in [0.1, 0.15) is 23.2 Å². The van der Waals surface area contributed by atoms with Crippen LogP contribution in [-0.4, -0.2) is 44.6 Å². The topological polar surface area (TPSA) is 120 Å². The summed E-state index contributed by atoms with van der Waals surface area (Å²) in [6, 6.07) is 7.22. The lowest BCUT2D eigenvalue weighted by atomic mass is 10.1. The maximum Gasteiger partial charge on any atom is 0.286 e. The van der Waals surface area contributed by atoms with Crippen molar-refractivity contribution in [3.63, 3.8) is 0 Å². The predicted molar refractivity (Wildman–Crippen MR) is 109 cm³/mol. The Labute approximate surface area is 172 Å². The van der Waals surface area contributed by atoms with E-state index in [1.54, 1.807) is 23.1 Å². The Morgan fingerprint density at radius 3 is 2.30 bits per heavy atom. The zero-order valence-corrected chi connectivity index (χ0v) is 16.8. The van der Waals surface area contributed by atoms with Crippen molar-refractivity contribution in [3.05, 3.63) is 46.0 Å². The highest BCUT2D eigenvalue weighted by atomic mass is 16.6. The van der Waals surface area contributed by atoms with E-state index in [-0.39, 0.29) is 23.0 Å². The van der Waals surface area contributed by atoms with Gasteiger partial charge in [0.05, 0.1) is 38.0 Å². The van der Waals surface area contributed by atoms with E-state index in [4.69, 9.17) is 14.2 Å². The number of ether oxygens (including phenoxy) is 3. The molecule has 1 heterocycles. The van der Waals surface area contributed by atoms with Gasteiger partial charge in [-0.25, -0.2) is 0 Å². The Bertz CT molecular complexity index is 1010. The zero-order valence-electron chi connectivity index (χ0n) is 16.8. The first kappa shape index (κ1) is 20.9. The van der Waals surface area contributed by atoms with Gasteiger partial charge in [0.1, 0.15) is 11.3 Å². The smallest absolute Gasteiger partial charge is 0.286 e. The number of methoxy groups -OCH3 is 3. The van der Waals surface area contributed by atoms with Crippen molar-refractivity contribution in [2.45, 2.75) is 12.8 Å². The monoisotopic (exact) mass is 415 g/mol. The predicted octanol–water partition coefficient (Wildman–Crippen LogP) is 3.00. The van der Waals surface area contributed by atoms with Gasteiger partial charge in [0.25, 0.3) is 11.6 Å². The van der Waals surface area contributed by atoms with E-state index in [2.05, 4.69) is 5.32 Å². The molecular formula is C20H21N3O7. The number of nitro benzene ring substituents is 1. The fraction of sp³-hybridized carbons (Fsp3) is 0.300. The van der Waals surface area contributed by atoms with Crippen molar-refractivity contribution < 1.29 is 28.7 Å². The first-order valence-electron chi connectivity index (χ1n) is 9.09. The highest BCUT2D eigenvalue weighted by Gasteiger charge is 2.26. The molecule has 30 heavy (non-hydrogen) atoms. The Morgan fingerprint density at radius 2 is 1.73 bits per heavy atom. The summed E-state index contributed by atoms with van der Waals surface area (Å²) in [6.45, 7) is 0.596. The van der Waals surface area contributed by atoms with Crippen molar-refractivity contribution in [1.82, 2.24) is 0 Å². The number of carbonyl (C=O) groups is 2. The SMILES string of the molecule is COc1cc(C(=O)Nc2ccc(N3CCCC3=O)c(OC)c2)c([N+](=O)[O-])cc1OC. The third kappa shape index (κ3) is 3.97. The second-order valence-electron chi connectivity index (χ2n) is 6.47. The Morgan fingerprint density at radius 1 is 1.07 bits per heavy atom. The fourth-order valence-electron chi connectivity index (χ4n) is 3.28. The van der Waals surface area contributed by atoms with Gasteiger partial charge in [-0.05, 0) is 18.6 Å². The van der Waals surface area contributed by atoms with Crippen LogP contribution in [0.25, 0.3) is 0 Å². The van der Waals surface area contributed by atoms with Gasteiger partial charge in [-0.15, -0.1) is 0 Å². The number of benzene rings is 2. The molecule has 10 heteroatoms. The number of nitrogens with one attached hydrogen (secondary N) is 1. The van der Waals surface area contributed by atoms with Gasteiger partial charge < -0.3 is 24.4 Å². The Balaban J connectivity index is 1.92. The molecule has 1 aliphatic rings. The van der Waals surface area contributed by atoms with Crippen LogP contribution in [0.5, 0.6) is 17.2 Å². The molecule has 0 atom stereocenters. The van der Waals surface area contributed by atoms with Crippen molar-refractivity contribution in [2.75, 3.05) is 38.1 Å². The van der Waals surface area contributed by atoms with Crippen LogP contribution in [-0.2, 0) is 4.79 Å². The van der Waals surface area contributed by atoms with E-state index in [1.807, 2.05) is 0 Å². The van der Waals surface area contributed by atoms with Crippen molar-refractivity contribution in [1.29, 1.82) is 0 Å². The zero-order chi connectivity index (χ0) is 21.8. The molecular weight excluding hydrogens is 394 g/mol. The number of carbonyl (C=O) groups excluding carboxylic acids is 2. The second-order valence-corrected chi connectivity index (χ2v) is 6.47. The largest absolute Gasteiger partial charge is 0.494 e. The molecule has 0 spiro atoms. The van der Waals surface area contributed by atoms with Crippen LogP contribution < -0.4 is 24.4 Å². The molecule has 0 bridgehead atoms. The Hall–Kier alpha value is -3.82. The van der Waals surface area contributed by atoms with Crippen LogP contribution in [0.4, 0.5) is 17.1 Å².